The molecule has 2 heterocycles. The zero-order valence-electron chi connectivity index (χ0n) is 13.1. The van der Waals surface area contributed by atoms with Gasteiger partial charge in [0.2, 0.25) is 5.88 Å². The Hall–Kier alpha value is -2.94. The Bertz CT molecular complexity index is 1190. The minimum Gasteiger partial charge on any atom is -0.439 e. The van der Waals surface area contributed by atoms with Gasteiger partial charge in [-0.1, -0.05) is 41.4 Å². The van der Waals surface area contributed by atoms with Crippen molar-refractivity contribution >= 4 is 34.2 Å². The number of para-hydroxylation sites is 1. The maximum atomic E-state index is 12.7. The lowest BCUT2D eigenvalue weighted by Crippen LogP contribution is -2.26. The summed E-state index contributed by atoms with van der Waals surface area (Å²) in [6, 6.07) is 13.8. The van der Waals surface area contributed by atoms with Crippen LogP contribution in [0.1, 0.15) is 17.0 Å². The van der Waals surface area contributed by atoms with Crippen LogP contribution in [0.3, 0.4) is 0 Å². The SMILES string of the molecule is N#CC1=C(N)Oc2c(c(=O)oc3ccccc23)[C@@H]1c1ccc(Cl)cc1Cl. The van der Waals surface area contributed by atoms with Gasteiger partial charge in [-0.3, -0.25) is 0 Å². The first-order chi connectivity index (χ1) is 12.5. The summed E-state index contributed by atoms with van der Waals surface area (Å²) in [5.74, 6) is -0.620. The molecule has 0 amide bonds. The van der Waals surface area contributed by atoms with Crippen molar-refractivity contribution in [3.05, 3.63) is 85.5 Å². The highest BCUT2D eigenvalue weighted by Gasteiger charge is 2.36. The third kappa shape index (κ3) is 2.43. The van der Waals surface area contributed by atoms with Gasteiger partial charge < -0.3 is 14.9 Å². The maximum Gasteiger partial charge on any atom is 0.344 e. The van der Waals surface area contributed by atoms with Crippen molar-refractivity contribution in [2.45, 2.75) is 5.92 Å². The van der Waals surface area contributed by atoms with Crippen LogP contribution in [0.5, 0.6) is 5.75 Å². The van der Waals surface area contributed by atoms with Crippen molar-refractivity contribution in [3.63, 3.8) is 0 Å². The van der Waals surface area contributed by atoms with E-state index in [1.165, 1.54) is 0 Å². The highest BCUT2D eigenvalue weighted by atomic mass is 35.5. The van der Waals surface area contributed by atoms with Crippen LogP contribution in [-0.4, -0.2) is 0 Å². The Labute approximate surface area is 157 Å². The van der Waals surface area contributed by atoms with Gasteiger partial charge in [-0.25, -0.2) is 4.79 Å². The smallest absolute Gasteiger partial charge is 0.344 e. The van der Waals surface area contributed by atoms with E-state index in [9.17, 15) is 10.1 Å². The summed E-state index contributed by atoms with van der Waals surface area (Å²) in [7, 11) is 0. The van der Waals surface area contributed by atoms with E-state index >= 15 is 0 Å². The number of halogens is 2. The highest BCUT2D eigenvalue weighted by molar-refractivity contribution is 6.35. The molecule has 0 unspecified atom stereocenters. The van der Waals surface area contributed by atoms with Crippen molar-refractivity contribution in [1.29, 1.82) is 5.26 Å². The van der Waals surface area contributed by atoms with E-state index in [2.05, 4.69) is 0 Å². The van der Waals surface area contributed by atoms with E-state index in [0.717, 1.165) is 0 Å². The van der Waals surface area contributed by atoms with E-state index < -0.39 is 11.5 Å². The van der Waals surface area contributed by atoms with Crippen molar-refractivity contribution < 1.29 is 9.15 Å². The molecule has 0 fully saturated rings. The van der Waals surface area contributed by atoms with Gasteiger partial charge in [-0.15, -0.1) is 0 Å². The van der Waals surface area contributed by atoms with Crippen molar-refractivity contribution in [2.24, 2.45) is 5.73 Å². The molecule has 1 atom stereocenters. The Morgan fingerprint density at radius 1 is 1.15 bits per heavy atom. The number of hydrogen-bond donors (Lipinski definition) is 1. The van der Waals surface area contributed by atoms with Crippen LogP contribution in [0.15, 0.2) is 63.1 Å². The molecule has 5 nitrogen and oxygen atoms in total. The molecule has 0 saturated heterocycles. The average Bonchev–Trinajstić information content (AvgIpc) is 2.61. The normalized spacial score (nSPS) is 16.1. The summed E-state index contributed by atoms with van der Waals surface area (Å²) in [5.41, 5.74) is 6.52. The standard InChI is InChI=1S/C19H10Cl2N2O3/c20-9-5-6-10(13(21)7-9)15-12(8-22)18(23)26-17-11-3-1-2-4-14(11)25-19(24)16(15)17/h1-7,15H,23H2/t15-/m1/s1. The quantitative estimate of drug-likeness (QED) is 0.631. The predicted molar refractivity (Wildman–Crippen MR) is 98.2 cm³/mol. The van der Waals surface area contributed by atoms with E-state index in [1.807, 2.05) is 6.07 Å². The third-order valence-corrected chi connectivity index (χ3v) is 4.81. The summed E-state index contributed by atoms with van der Waals surface area (Å²) < 4.78 is 11.1. The van der Waals surface area contributed by atoms with Gasteiger partial charge >= 0.3 is 5.63 Å². The van der Waals surface area contributed by atoms with Crippen LogP contribution in [0.4, 0.5) is 0 Å². The second-order valence-electron chi connectivity index (χ2n) is 5.72. The molecule has 2 N–H and O–H groups in total. The van der Waals surface area contributed by atoms with E-state index in [0.29, 0.717) is 26.6 Å². The van der Waals surface area contributed by atoms with Gasteiger partial charge in [-0.2, -0.15) is 5.26 Å². The molecule has 0 aliphatic carbocycles. The molecule has 0 bridgehead atoms. The summed E-state index contributed by atoms with van der Waals surface area (Å²) in [6.07, 6.45) is 0. The molecule has 3 aromatic rings. The molecule has 0 saturated carbocycles. The first-order valence-electron chi connectivity index (χ1n) is 7.59. The minimum atomic E-state index is -0.811. The number of hydrogen-bond acceptors (Lipinski definition) is 5. The van der Waals surface area contributed by atoms with Crippen LogP contribution in [-0.2, 0) is 0 Å². The van der Waals surface area contributed by atoms with Crippen LogP contribution in [0, 0.1) is 11.3 Å². The Kier molecular flexibility index (Phi) is 3.87. The second kappa shape index (κ2) is 6.10. The lowest BCUT2D eigenvalue weighted by molar-refractivity contribution is 0.388. The van der Waals surface area contributed by atoms with Crippen LogP contribution in [0.2, 0.25) is 10.0 Å². The molecule has 0 spiro atoms. The fraction of sp³-hybridized carbons (Fsp3) is 0.0526. The molecule has 128 valence electrons. The number of benzene rings is 2. The molecule has 7 heteroatoms. The number of rotatable bonds is 1. The molecule has 26 heavy (non-hydrogen) atoms. The monoisotopic (exact) mass is 384 g/mol. The summed E-state index contributed by atoms with van der Waals surface area (Å²) in [4.78, 5) is 12.7. The van der Waals surface area contributed by atoms with E-state index in [1.54, 1.807) is 42.5 Å². The molecule has 1 aromatic heterocycles. The number of nitriles is 1. The van der Waals surface area contributed by atoms with Crippen LogP contribution >= 0.6 is 23.2 Å². The van der Waals surface area contributed by atoms with Crippen molar-refractivity contribution in [3.8, 4) is 11.8 Å². The molecular formula is C19H10Cl2N2O3. The zero-order chi connectivity index (χ0) is 18.4. The first-order valence-corrected chi connectivity index (χ1v) is 8.35. The fourth-order valence-electron chi connectivity index (χ4n) is 3.11. The summed E-state index contributed by atoms with van der Waals surface area (Å²) in [6.45, 7) is 0. The van der Waals surface area contributed by atoms with Gasteiger partial charge in [0.25, 0.3) is 0 Å². The maximum absolute atomic E-state index is 12.7. The van der Waals surface area contributed by atoms with Gasteiger partial charge in [-0.05, 0) is 29.8 Å². The first kappa shape index (κ1) is 16.5. The second-order valence-corrected chi connectivity index (χ2v) is 6.56. The number of nitrogens with zero attached hydrogens (tertiary/aromatic N) is 1. The van der Waals surface area contributed by atoms with Crippen molar-refractivity contribution in [2.75, 3.05) is 0 Å². The predicted octanol–water partition coefficient (Wildman–Crippen LogP) is 4.32. The van der Waals surface area contributed by atoms with Crippen LogP contribution in [0.25, 0.3) is 11.0 Å². The molecule has 2 aromatic carbocycles. The fourth-order valence-corrected chi connectivity index (χ4v) is 3.63. The Morgan fingerprint density at radius 2 is 1.92 bits per heavy atom. The van der Waals surface area contributed by atoms with Crippen molar-refractivity contribution in [1.82, 2.24) is 0 Å². The number of allylic oxidation sites excluding steroid dienone is 1. The van der Waals surface area contributed by atoms with E-state index in [4.69, 9.17) is 38.1 Å². The highest BCUT2D eigenvalue weighted by Crippen LogP contribution is 2.45. The van der Waals surface area contributed by atoms with Gasteiger partial charge in [0.05, 0.1) is 16.9 Å². The summed E-state index contributed by atoms with van der Waals surface area (Å²) >= 11 is 12.3. The Balaban J connectivity index is 2.10. The van der Waals surface area contributed by atoms with Gasteiger partial charge in [0.15, 0.2) is 5.75 Å². The van der Waals surface area contributed by atoms with Gasteiger partial charge in [0.1, 0.15) is 17.2 Å². The average molecular weight is 385 g/mol. The van der Waals surface area contributed by atoms with Gasteiger partial charge in [0, 0.05) is 10.0 Å². The molecule has 0 radical (unpaired) electrons. The molecule has 1 aliphatic rings. The number of nitrogens with two attached hydrogens (primary N) is 1. The molecule has 4 rings (SSSR count). The number of ether oxygens (including phenoxy) is 1. The van der Waals surface area contributed by atoms with E-state index in [-0.39, 0.29) is 22.8 Å². The topological polar surface area (TPSA) is 89.3 Å². The molecule has 1 aliphatic heterocycles. The largest absolute Gasteiger partial charge is 0.439 e. The lowest BCUT2D eigenvalue weighted by Gasteiger charge is -2.26. The zero-order valence-corrected chi connectivity index (χ0v) is 14.6. The summed E-state index contributed by atoms with van der Waals surface area (Å²) in [5, 5.41) is 10.9. The minimum absolute atomic E-state index is 0.0771. The lowest BCUT2D eigenvalue weighted by atomic mass is 9.84. The van der Waals surface area contributed by atoms with Crippen LogP contribution < -0.4 is 16.1 Å². The third-order valence-electron chi connectivity index (χ3n) is 4.25. The Morgan fingerprint density at radius 3 is 2.65 bits per heavy atom. The number of fused-ring (bicyclic) bond motifs is 3. The molecular weight excluding hydrogens is 375 g/mol.